The van der Waals surface area contributed by atoms with E-state index in [1.165, 1.54) is 30.8 Å². The van der Waals surface area contributed by atoms with E-state index in [1.54, 1.807) is 19.4 Å². The Kier molecular flexibility index (Phi) is 8.39. The maximum absolute atomic E-state index is 14.0. The second kappa shape index (κ2) is 12.3. The number of hydrogen-bond acceptors (Lipinski definition) is 9. The fourth-order valence-electron chi connectivity index (χ4n) is 4.52. The molecule has 3 heterocycles. The van der Waals surface area contributed by atoms with Gasteiger partial charge in [0.25, 0.3) is 0 Å². The van der Waals surface area contributed by atoms with Gasteiger partial charge in [-0.25, -0.2) is 19.3 Å². The summed E-state index contributed by atoms with van der Waals surface area (Å²) in [7, 11) is 1.62. The molecular weight excluding hydrogens is 539 g/mol. The number of rotatable bonds is 10. The van der Waals surface area contributed by atoms with E-state index in [0.29, 0.717) is 51.2 Å². The van der Waals surface area contributed by atoms with Gasteiger partial charge in [0, 0.05) is 23.7 Å². The highest BCUT2D eigenvalue weighted by Crippen LogP contribution is 2.33. The number of ether oxygens (including phenoxy) is 1. The molecule has 0 bridgehead atoms. The van der Waals surface area contributed by atoms with Gasteiger partial charge in [-0.3, -0.25) is 9.78 Å². The zero-order chi connectivity index (χ0) is 28.9. The van der Waals surface area contributed by atoms with E-state index >= 15 is 0 Å². The number of nitrogens with zero attached hydrogens (tertiary/aromatic N) is 4. The number of ketones is 1. The quantitative estimate of drug-likeness (QED) is 0.105. The molecule has 0 aliphatic heterocycles. The van der Waals surface area contributed by atoms with Gasteiger partial charge in [0.1, 0.15) is 28.8 Å². The van der Waals surface area contributed by atoms with Crippen LogP contribution in [-0.2, 0) is 6.54 Å². The molecule has 3 aromatic heterocycles. The van der Waals surface area contributed by atoms with Crippen molar-refractivity contribution in [3.8, 4) is 17.0 Å². The summed E-state index contributed by atoms with van der Waals surface area (Å²) in [5.41, 5.74) is 4.15. The number of benzene rings is 2. The molecule has 5 rings (SSSR count). The average molecular weight is 569 g/mol. The Morgan fingerprint density at radius 2 is 1.80 bits per heavy atom. The number of thioether (sulfide) groups is 1. The number of fused-ring (bicyclic) bond motifs is 1. The van der Waals surface area contributed by atoms with Crippen molar-refractivity contribution < 1.29 is 13.9 Å². The molecule has 41 heavy (non-hydrogen) atoms. The first-order chi connectivity index (χ1) is 19.9. The van der Waals surface area contributed by atoms with Crippen LogP contribution in [0, 0.1) is 5.82 Å². The average Bonchev–Trinajstić information content (AvgIpc) is 2.99. The standard InChI is InChI=1S/C31H29FN6O2S/c1-18(28-24(26-7-5-6-14-33-26)16-21-15-22(32)10-13-25(21)36-28)35-30-27(19(2)39)29(37-31(38-30)41-4)34-17-20-8-11-23(40-3)12-9-20/h5-16,18H,17H2,1-4H3,(H2,34,35,37,38)/t18-/m0/s1. The van der Waals surface area contributed by atoms with Gasteiger partial charge in [-0.2, -0.15) is 0 Å². The summed E-state index contributed by atoms with van der Waals surface area (Å²) in [6.45, 7) is 3.89. The zero-order valence-corrected chi connectivity index (χ0v) is 23.9. The van der Waals surface area contributed by atoms with Crippen molar-refractivity contribution in [2.24, 2.45) is 0 Å². The molecule has 0 amide bonds. The minimum absolute atomic E-state index is 0.184. The lowest BCUT2D eigenvalue weighted by atomic mass is 10.0. The number of aromatic nitrogens is 4. The number of Topliss-reactive ketones (excluding diaryl/α,β-unsaturated/α-hetero) is 1. The van der Waals surface area contributed by atoms with Crippen molar-refractivity contribution in [3.63, 3.8) is 0 Å². The minimum atomic E-state index is -0.390. The van der Waals surface area contributed by atoms with E-state index in [0.717, 1.165) is 16.9 Å². The second-order valence-electron chi connectivity index (χ2n) is 9.38. The summed E-state index contributed by atoms with van der Waals surface area (Å²) >= 11 is 1.38. The molecule has 1 atom stereocenters. The van der Waals surface area contributed by atoms with Gasteiger partial charge in [-0.05, 0) is 74.2 Å². The summed E-state index contributed by atoms with van der Waals surface area (Å²) in [6, 6.07) is 19.3. The number of halogens is 1. The van der Waals surface area contributed by atoms with Gasteiger partial charge in [0.15, 0.2) is 10.9 Å². The van der Waals surface area contributed by atoms with Crippen molar-refractivity contribution in [2.75, 3.05) is 24.0 Å². The normalized spacial score (nSPS) is 11.7. The second-order valence-corrected chi connectivity index (χ2v) is 10.2. The van der Waals surface area contributed by atoms with Crippen molar-refractivity contribution in [1.29, 1.82) is 0 Å². The van der Waals surface area contributed by atoms with Crippen molar-refractivity contribution in [2.45, 2.75) is 31.6 Å². The lowest BCUT2D eigenvalue weighted by Gasteiger charge is -2.21. The highest BCUT2D eigenvalue weighted by atomic mass is 32.2. The summed E-state index contributed by atoms with van der Waals surface area (Å²) in [5.74, 6) is 1.08. The summed E-state index contributed by atoms with van der Waals surface area (Å²) < 4.78 is 19.3. The number of hydrogen-bond donors (Lipinski definition) is 2. The Morgan fingerprint density at radius 1 is 1.02 bits per heavy atom. The largest absolute Gasteiger partial charge is 0.497 e. The Labute approximate surface area is 241 Å². The molecule has 208 valence electrons. The van der Waals surface area contributed by atoms with Crippen LogP contribution in [0.1, 0.15) is 41.5 Å². The van der Waals surface area contributed by atoms with Crippen LogP contribution in [0.15, 0.2) is 78.1 Å². The van der Waals surface area contributed by atoms with Gasteiger partial charge in [0.2, 0.25) is 0 Å². The molecule has 5 aromatic rings. The Balaban J connectivity index is 1.53. The number of pyridine rings is 2. The van der Waals surface area contributed by atoms with Gasteiger partial charge in [-0.15, -0.1) is 0 Å². The van der Waals surface area contributed by atoms with E-state index in [9.17, 15) is 9.18 Å². The fourth-order valence-corrected chi connectivity index (χ4v) is 4.88. The van der Waals surface area contributed by atoms with Crippen LogP contribution in [0.5, 0.6) is 5.75 Å². The maximum atomic E-state index is 14.0. The van der Waals surface area contributed by atoms with Gasteiger partial charge in [0.05, 0.1) is 30.1 Å². The molecule has 10 heteroatoms. The molecular formula is C31H29FN6O2S. The first-order valence-corrected chi connectivity index (χ1v) is 14.2. The third-order valence-electron chi connectivity index (χ3n) is 6.55. The van der Waals surface area contributed by atoms with Crippen LogP contribution in [0.25, 0.3) is 22.2 Å². The highest BCUT2D eigenvalue weighted by molar-refractivity contribution is 7.98. The Morgan fingerprint density at radius 3 is 2.49 bits per heavy atom. The monoisotopic (exact) mass is 568 g/mol. The molecule has 2 N–H and O–H groups in total. The molecule has 0 fully saturated rings. The predicted octanol–water partition coefficient (Wildman–Crippen LogP) is 6.94. The van der Waals surface area contributed by atoms with E-state index in [4.69, 9.17) is 9.72 Å². The van der Waals surface area contributed by atoms with Crippen molar-refractivity contribution >= 4 is 40.1 Å². The van der Waals surface area contributed by atoms with Crippen LogP contribution in [0.3, 0.4) is 0 Å². The number of carbonyl (C=O) groups excluding carboxylic acids is 1. The molecule has 0 radical (unpaired) electrons. The van der Waals surface area contributed by atoms with Crippen LogP contribution in [-0.4, -0.2) is 39.1 Å². The topological polar surface area (TPSA) is 102 Å². The Bertz CT molecular complexity index is 1700. The fraction of sp³-hybridized carbons (Fsp3) is 0.194. The molecule has 0 saturated carbocycles. The molecule has 0 aliphatic carbocycles. The van der Waals surface area contributed by atoms with Gasteiger partial charge >= 0.3 is 0 Å². The predicted molar refractivity (Wildman–Crippen MR) is 161 cm³/mol. The molecule has 2 aromatic carbocycles. The van der Waals surface area contributed by atoms with E-state index in [-0.39, 0.29) is 11.6 Å². The zero-order valence-electron chi connectivity index (χ0n) is 23.1. The number of nitrogens with one attached hydrogen (secondary N) is 2. The van der Waals surface area contributed by atoms with E-state index in [2.05, 4.69) is 25.6 Å². The van der Waals surface area contributed by atoms with Crippen LogP contribution in [0.2, 0.25) is 0 Å². The van der Waals surface area contributed by atoms with E-state index in [1.807, 2.05) is 61.7 Å². The third-order valence-corrected chi connectivity index (χ3v) is 7.10. The van der Waals surface area contributed by atoms with E-state index < -0.39 is 6.04 Å². The molecule has 8 nitrogen and oxygen atoms in total. The molecule has 0 saturated heterocycles. The minimum Gasteiger partial charge on any atom is -0.497 e. The van der Waals surface area contributed by atoms with Gasteiger partial charge < -0.3 is 15.4 Å². The van der Waals surface area contributed by atoms with Crippen LogP contribution >= 0.6 is 11.8 Å². The number of carbonyl (C=O) groups is 1. The SMILES string of the molecule is COc1ccc(CNc2nc(SC)nc(N[C@@H](C)c3nc4ccc(F)cc4cc3-c3ccccn3)c2C(C)=O)cc1. The van der Waals surface area contributed by atoms with Crippen molar-refractivity contribution in [3.05, 3.63) is 95.6 Å². The summed E-state index contributed by atoms with van der Waals surface area (Å²) in [4.78, 5) is 31.6. The first kappa shape index (κ1) is 28.0. The number of anilines is 2. The maximum Gasteiger partial charge on any atom is 0.191 e. The third kappa shape index (κ3) is 6.28. The highest BCUT2D eigenvalue weighted by Gasteiger charge is 2.23. The lowest BCUT2D eigenvalue weighted by Crippen LogP contribution is -2.17. The van der Waals surface area contributed by atoms with Crippen LogP contribution < -0.4 is 15.4 Å². The summed E-state index contributed by atoms with van der Waals surface area (Å²) in [6.07, 6.45) is 3.59. The molecule has 0 spiro atoms. The van der Waals surface area contributed by atoms with Crippen molar-refractivity contribution in [1.82, 2.24) is 19.9 Å². The van der Waals surface area contributed by atoms with Gasteiger partial charge in [-0.1, -0.05) is 30.0 Å². The smallest absolute Gasteiger partial charge is 0.191 e. The summed E-state index contributed by atoms with van der Waals surface area (Å²) in [5, 5.41) is 7.91. The lowest BCUT2D eigenvalue weighted by molar-refractivity contribution is 0.101. The molecule has 0 aliphatic rings. The van der Waals surface area contributed by atoms with Crippen LogP contribution in [0.4, 0.5) is 16.0 Å². The molecule has 0 unspecified atom stereocenters. The number of methoxy groups -OCH3 is 1. The first-order valence-electron chi connectivity index (χ1n) is 13.0. The Hall–Kier alpha value is -4.57.